The van der Waals surface area contributed by atoms with Crippen molar-refractivity contribution >= 4 is 39.6 Å². The van der Waals surface area contributed by atoms with Crippen molar-refractivity contribution in [2.75, 3.05) is 26.2 Å². The van der Waals surface area contributed by atoms with E-state index in [0.717, 1.165) is 49.5 Å². The molecule has 0 N–H and O–H groups in total. The molecule has 1 saturated heterocycles. The smallest absolute Gasteiger partial charge is 0.254 e. The summed E-state index contributed by atoms with van der Waals surface area (Å²) < 4.78 is 1.89. The fourth-order valence-electron chi connectivity index (χ4n) is 3.92. The molecule has 0 radical (unpaired) electrons. The highest BCUT2D eigenvalue weighted by atomic mass is 32.1. The lowest BCUT2D eigenvalue weighted by Gasteiger charge is -2.34. The molecular weight excluding hydrogens is 414 g/mol. The number of carbonyl (C=O) groups excluding carboxylic acids is 1. The molecule has 6 nitrogen and oxygen atoms in total. The average molecular weight is 438 g/mol. The van der Waals surface area contributed by atoms with E-state index in [9.17, 15) is 4.79 Å². The van der Waals surface area contributed by atoms with E-state index in [2.05, 4.69) is 43.9 Å². The van der Waals surface area contributed by atoms with Crippen molar-refractivity contribution in [2.24, 2.45) is 0 Å². The third kappa shape index (κ3) is 3.90. The number of carbonyl (C=O) groups is 1. The molecule has 0 saturated carbocycles. The van der Waals surface area contributed by atoms with Crippen molar-refractivity contribution in [3.63, 3.8) is 0 Å². The maximum atomic E-state index is 13.4. The Balaban J connectivity index is 1.34. The Kier molecular flexibility index (Phi) is 5.37. The lowest BCUT2D eigenvalue weighted by molar-refractivity contribution is 0.0631. The van der Waals surface area contributed by atoms with E-state index < -0.39 is 0 Å². The largest absolute Gasteiger partial charge is 0.336 e. The third-order valence-electron chi connectivity index (χ3n) is 5.47. The van der Waals surface area contributed by atoms with Crippen LogP contribution in [0.2, 0.25) is 0 Å². The number of aromatic nitrogens is 3. The molecule has 0 bridgehead atoms. The highest BCUT2D eigenvalue weighted by Crippen LogP contribution is 2.23. The zero-order valence-corrected chi connectivity index (χ0v) is 18.5. The van der Waals surface area contributed by atoms with Gasteiger partial charge in [-0.15, -0.1) is 22.7 Å². The summed E-state index contributed by atoms with van der Waals surface area (Å²) in [4.78, 5) is 25.0. The minimum Gasteiger partial charge on any atom is -0.336 e. The molecule has 0 aliphatic carbocycles. The summed E-state index contributed by atoms with van der Waals surface area (Å²) in [7, 11) is 0. The fourth-order valence-corrected chi connectivity index (χ4v) is 5.35. The summed E-state index contributed by atoms with van der Waals surface area (Å²) in [6.45, 7) is 6.87. The SMILES string of the molecule is Cc1cc(C(=O)N2CCN(Cc3cccs3)CC2)c2cnn(Cc3cccs3)c2n1. The van der Waals surface area contributed by atoms with E-state index in [1.54, 1.807) is 28.9 Å². The topological polar surface area (TPSA) is 54.3 Å². The number of piperazine rings is 1. The van der Waals surface area contributed by atoms with Crippen LogP contribution in [-0.2, 0) is 13.1 Å². The molecule has 154 valence electrons. The number of aryl methyl sites for hydroxylation is 1. The van der Waals surface area contributed by atoms with Gasteiger partial charge in [-0.3, -0.25) is 9.69 Å². The van der Waals surface area contributed by atoms with Gasteiger partial charge >= 0.3 is 0 Å². The summed E-state index contributed by atoms with van der Waals surface area (Å²) in [6, 6.07) is 10.3. The Bertz CT molecular complexity index is 1140. The Labute approximate surface area is 183 Å². The van der Waals surface area contributed by atoms with Gasteiger partial charge in [0.25, 0.3) is 5.91 Å². The second kappa shape index (κ2) is 8.29. The summed E-state index contributed by atoms with van der Waals surface area (Å²) in [5, 5.41) is 9.55. The molecule has 0 spiro atoms. The van der Waals surface area contributed by atoms with Gasteiger partial charge in [-0.25, -0.2) is 9.67 Å². The van der Waals surface area contributed by atoms with Gasteiger partial charge in [-0.1, -0.05) is 12.1 Å². The summed E-state index contributed by atoms with van der Waals surface area (Å²) in [5.74, 6) is 0.0805. The van der Waals surface area contributed by atoms with Crippen LogP contribution >= 0.6 is 22.7 Å². The quantitative estimate of drug-likeness (QED) is 0.476. The van der Waals surface area contributed by atoms with Crippen LogP contribution in [0.3, 0.4) is 0 Å². The van der Waals surface area contributed by atoms with E-state index in [0.29, 0.717) is 12.1 Å². The monoisotopic (exact) mass is 437 g/mol. The second-order valence-corrected chi connectivity index (χ2v) is 9.64. The molecule has 1 amide bonds. The Morgan fingerprint density at radius 1 is 1.03 bits per heavy atom. The number of thiophene rings is 2. The van der Waals surface area contributed by atoms with Crippen molar-refractivity contribution in [3.8, 4) is 0 Å². The van der Waals surface area contributed by atoms with Gasteiger partial charge in [0.05, 0.1) is 23.7 Å². The number of pyridine rings is 1. The molecule has 1 fully saturated rings. The van der Waals surface area contributed by atoms with Crippen molar-refractivity contribution in [3.05, 3.63) is 68.3 Å². The van der Waals surface area contributed by atoms with E-state index in [1.807, 2.05) is 28.6 Å². The molecule has 5 rings (SSSR count). The van der Waals surface area contributed by atoms with Gasteiger partial charge in [0.15, 0.2) is 5.65 Å². The zero-order valence-electron chi connectivity index (χ0n) is 16.8. The average Bonchev–Trinajstić information content (AvgIpc) is 3.51. The van der Waals surface area contributed by atoms with Crippen molar-refractivity contribution in [2.45, 2.75) is 20.0 Å². The van der Waals surface area contributed by atoms with Crippen LogP contribution in [0.15, 0.2) is 47.3 Å². The predicted octanol–water partition coefficient (Wildman–Crippen LogP) is 3.87. The number of hydrogen-bond donors (Lipinski definition) is 0. The lowest BCUT2D eigenvalue weighted by atomic mass is 10.1. The molecule has 0 unspecified atom stereocenters. The fraction of sp³-hybridized carbons (Fsp3) is 0.318. The predicted molar refractivity (Wildman–Crippen MR) is 121 cm³/mol. The van der Waals surface area contributed by atoms with Crippen LogP contribution in [0.1, 0.15) is 25.8 Å². The third-order valence-corrected chi connectivity index (χ3v) is 7.19. The minimum atomic E-state index is 0.0805. The molecule has 4 aromatic rings. The normalized spacial score (nSPS) is 15.2. The molecule has 4 aromatic heterocycles. The Hall–Kier alpha value is -2.55. The zero-order chi connectivity index (χ0) is 20.5. The summed E-state index contributed by atoms with van der Waals surface area (Å²) in [5.41, 5.74) is 2.33. The maximum Gasteiger partial charge on any atom is 0.254 e. The van der Waals surface area contributed by atoms with Gasteiger partial charge in [-0.2, -0.15) is 5.10 Å². The van der Waals surface area contributed by atoms with E-state index in [4.69, 9.17) is 0 Å². The van der Waals surface area contributed by atoms with Gasteiger partial charge < -0.3 is 4.90 Å². The highest BCUT2D eigenvalue weighted by molar-refractivity contribution is 7.10. The van der Waals surface area contributed by atoms with Crippen LogP contribution in [0.5, 0.6) is 0 Å². The molecule has 5 heterocycles. The van der Waals surface area contributed by atoms with E-state index >= 15 is 0 Å². The number of rotatable bonds is 5. The van der Waals surface area contributed by atoms with Crippen molar-refractivity contribution in [1.82, 2.24) is 24.6 Å². The first-order chi connectivity index (χ1) is 14.7. The number of hydrogen-bond acceptors (Lipinski definition) is 6. The van der Waals surface area contributed by atoms with Gasteiger partial charge in [-0.05, 0) is 35.9 Å². The first-order valence-corrected chi connectivity index (χ1v) is 11.8. The van der Waals surface area contributed by atoms with Crippen molar-refractivity contribution in [1.29, 1.82) is 0 Å². The Morgan fingerprint density at radius 3 is 2.40 bits per heavy atom. The molecule has 0 aromatic carbocycles. The van der Waals surface area contributed by atoms with Gasteiger partial charge in [0.1, 0.15) is 0 Å². The standard InChI is InChI=1S/C22H23N5OS2/c1-16-12-19(20-13-23-27(21(20)24-16)15-18-5-3-11-30-18)22(28)26-8-6-25(7-9-26)14-17-4-2-10-29-17/h2-5,10-13H,6-9,14-15H2,1H3. The number of fused-ring (bicyclic) bond motifs is 1. The molecular formula is C22H23N5OS2. The first-order valence-electron chi connectivity index (χ1n) is 10.1. The van der Waals surface area contributed by atoms with Crippen LogP contribution < -0.4 is 0 Å². The number of amides is 1. The van der Waals surface area contributed by atoms with Gasteiger partial charge in [0.2, 0.25) is 0 Å². The Morgan fingerprint density at radius 2 is 1.73 bits per heavy atom. The minimum absolute atomic E-state index is 0.0805. The molecule has 1 aliphatic heterocycles. The van der Waals surface area contributed by atoms with Crippen molar-refractivity contribution < 1.29 is 4.79 Å². The summed E-state index contributed by atoms with van der Waals surface area (Å²) in [6.07, 6.45) is 1.79. The van der Waals surface area contributed by atoms with Crippen LogP contribution in [0, 0.1) is 6.92 Å². The van der Waals surface area contributed by atoms with Crippen LogP contribution in [-0.4, -0.2) is 56.7 Å². The maximum absolute atomic E-state index is 13.4. The molecule has 0 atom stereocenters. The lowest BCUT2D eigenvalue weighted by Crippen LogP contribution is -2.48. The first kappa shape index (κ1) is 19.4. The molecule has 30 heavy (non-hydrogen) atoms. The second-order valence-electron chi connectivity index (χ2n) is 7.58. The van der Waals surface area contributed by atoms with Gasteiger partial charge in [0, 0.05) is 48.2 Å². The molecule has 1 aliphatic rings. The molecule has 8 heteroatoms. The van der Waals surface area contributed by atoms with E-state index in [-0.39, 0.29) is 5.91 Å². The van der Waals surface area contributed by atoms with Crippen LogP contribution in [0.25, 0.3) is 11.0 Å². The summed E-state index contributed by atoms with van der Waals surface area (Å²) >= 11 is 3.49. The number of nitrogens with zero attached hydrogens (tertiary/aromatic N) is 5. The highest BCUT2D eigenvalue weighted by Gasteiger charge is 2.25. The van der Waals surface area contributed by atoms with Crippen LogP contribution in [0.4, 0.5) is 0 Å². The van der Waals surface area contributed by atoms with E-state index in [1.165, 1.54) is 9.75 Å².